The van der Waals surface area contributed by atoms with Gasteiger partial charge < -0.3 is 15.2 Å². The molecule has 2 N–H and O–H groups in total. The highest BCUT2D eigenvalue weighted by molar-refractivity contribution is 5.91. The zero-order valence-electron chi connectivity index (χ0n) is 21.5. The second-order valence-electron chi connectivity index (χ2n) is 9.88. The summed E-state index contributed by atoms with van der Waals surface area (Å²) in [7, 11) is 0. The van der Waals surface area contributed by atoms with Crippen molar-refractivity contribution in [3.63, 3.8) is 0 Å². The highest BCUT2D eigenvalue weighted by atomic mass is 35.5. The van der Waals surface area contributed by atoms with E-state index < -0.39 is 5.97 Å². The minimum Gasteiger partial charge on any atom is -0.490 e. The van der Waals surface area contributed by atoms with Crippen molar-refractivity contribution in [3.05, 3.63) is 112 Å². The minimum atomic E-state index is -0.865. The van der Waals surface area contributed by atoms with Crippen LogP contribution in [0.5, 0.6) is 5.75 Å². The van der Waals surface area contributed by atoms with Crippen LogP contribution in [0, 0.1) is 13.8 Å². The Morgan fingerprint density at radius 1 is 0.973 bits per heavy atom. The molecule has 0 saturated carbocycles. The fourth-order valence-electron chi connectivity index (χ4n) is 5.73. The van der Waals surface area contributed by atoms with Gasteiger partial charge in [-0.05, 0) is 79.3 Å². The van der Waals surface area contributed by atoms with Crippen LogP contribution in [0.3, 0.4) is 0 Å². The van der Waals surface area contributed by atoms with E-state index in [1.807, 2.05) is 38.1 Å². The van der Waals surface area contributed by atoms with Gasteiger partial charge in [-0.3, -0.25) is 0 Å². The molecule has 5 rings (SSSR count). The Bertz CT molecular complexity index is 1410. The molecule has 4 aromatic rings. The molecule has 1 heterocycles. The van der Waals surface area contributed by atoms with Crippen LogP contribution < -0.4 is 10.1 Å². The maximum atomic E-state index is 12.0. The van der Waals surface area contributed by atoms with Crippen molar-refractivity contribution >= 4 is 29.1 Å². The highest BCUT2D eigenvalue weighted by Crippen LogP contribution is 2.42. The van der Waals surface area contributed by atoms with Crippen molar-refractivity contribution in [2.45, 2.75) is 51.7 Å². The van der Waals surface area contributed by atoms with Gasteiger partial charge >= 0.3 is 5.97 Å². The molecule has 4 aromatic carbocycles. The lowest BCUT2D eigenvalue weighted by Gasteiger charge is -2.34. The van der Waals surface area contributed by atoms with E-state index in [1.165, 1.54) is 16.3 Å². The third kappa shape index (κ3) is 5.36. The number of hydrogen-bond donors (Lipinski definition) is 2. The molecule has 37 heavy (non-hydrogen) atoms. The molecule has 0 amide bonds. The van der Waals surface area contributed by atoms with Gasteiger partial charge in [0.2, 0.25) is 0 Å². The standard InChI is InChI=1S/C32H33NO3.ClH/c1-20-15-16-25(21(2)31(20)32(34)35)29-19-24(36-30-14-7-6-12-28(29)30)17-18-33-22(3)26-13-8-10-23-9-4-5-11-27(23)26;/h4-16,22,24,29,33H,17-19H2,1-3H3,(H,34,35);1H/t22-,24+,29+;/m1./s1. The molecule has 4 nitrogen and oxygen atoms in total. The number of rotatable bonds is 7. The van der Waals surface area contributed by atoms with E-state index in [0.717, 1.165) is 47.4 Å². The minimum absolute atomic E-state index is 0. The van der Waals surface area contributed by atoms with Gasteiger partial charge in [0.05, 0.1) is 5.56 Å². The predicted octanol–water partition coefficient (Wildman–Crippen LogP) is 7.60. The van der Waals surface area contributed by atoms with E-state index in [0.29, 0.717) is 5.56 Å². The second kappa shape index (κ2) is 11.4. The number of carboxylic acids is 1. The van der Waals surface area contributed by atoms with Crippen LogP contribution in [0.15, 0.2) is 78.9 Å². The molecule has 1 aliphatic rings. The zero-order valence-corrected chi connectivity index (χ0v) is 22.3. The first-order valence-corrected chi connectivity index (χ1v) is 12.7. The topological polar surface area (TPSA) is 58.6 Å². The third-order valence-electron chi connectivity index (χ3n) is 7.60. The molecular weight excluding hydrogens is 482 g/mol. The smallest absolute Gasteiger partial charge is 0.336 e. The summed E-state index contributed by atoms with van der Waals surface area (Å²) < 4.78 is 6.43. The molecular formula is C32H34ClNO3. The summed E-state index contributed by atoms with van der Waals surface area (Å²) in [6.45, 7) is 6.85. The van der Waals surface area contributed by atoms with Gasteiger partial charge in [-0.25, -0.2) is 4.79 Å². The highest BCUT2D eigenvalue weighted by Gasteiger charge is 2.31. The molecule has 0 saturated heterocycles. The molecule has 5 heteroatoms. The van der Waals surface area contributed by atoms with Gasteiger partial charge in [0.25, 0.3) is 0 Å². The van der Waals surface area contributed by atoms with Crippen molar-refractivity contribution in [2.75, 3.05) is 6.54 Å². The maximum Gasteiger partial charge on any atom is 0.336 e. The van der Waals surface area contributed by atoms with E-state index in [1.54, 1.807) is 0 Å². The third-order valence-corrected chi connectivity index (χ3v) is 7.60. The number of aryl methyl sites for hydroxylation is 1. The summed E-state index contributed by atoms with van der Waals surface area (Å²) in [6, 6.07) is 27.4. The monoisotopic (exact) mass is 515 g/mol. The Kier molecular flexibility index (Phi) is 8.21. The van der Waals surface area contributed by atoms with E-state index in [-0.39, 0.29) is 30.5 Å². The summed E-state index contributed by atoms with van der Waals surface area (Å²) in [5.41, 5.74) is 5.58. The second-order valence-corrected chi connectivity index (χ2v) is 9.88. The molecule has 192 valence electrons. The fraction of sp³-hybridized carbons (Fsp3) is 0.281. The lowest BCUT2D eigenvalue weighted by Crippen LogP contribution is -2.31. The number of para-hydroxylation sites is 1. The number of nitrogens with one attached hydrogen (secondary N) is 1. The molecule has 3 atom stereocenters. The first-order valence-electron chi connectivity index (χ1n) is 12.7. The van der Waals surface area contributed by atoms with E-state index in [9.17, 15) is 9.90 Å². The maximum absolute atomic E-state index is 12.0. The van der Waals surface area contributed by atoms with Gasteiger partial charge in [0.15, 0.2) is 0 Å². The number of ether oxygens (including phenoxy) is 1. The molecule has 0 bridgehead atoms. The van der Waals surface area contributed by atoms with Gasteiger partial charge in [0.1, 0.15) is 11.9 Å². The summed E-state index contributed by atoms with van der Waals surface area (Å²) in [4.78, 5) is 12.0. The van der Waals surface area contributed by atoms with E-state index in [4.69, 9.17) is 4.74 Å². The number of aromatic carboxylic acids is 1. The Hall–Kier alpha value is -3.34. The first-order chi connectivity index (χ1) is 17.4. The van der Waals surface area contributed by atoms with E-state index in [2.05, 4.69) is 66.8 Å². The number of halogens is 1. The molecule has 0 unspecified atom stereocenters. The lowest BCUT2D eigenvalue weighted by molar-refractivity contribution is 0.0695. The number of carboxylic acid groups (broad SMARTS) is 1. The molecule has 0 aromatic heterocycles. The van der Waals surface area contributed by atoms with Crippen LogP contribution in [0.25, 0.3) is 10.8 Å². The largest absolute Gasteiger partial charge is 0.490 e. The van der Waals surface area contributed by atoms with Crippen LogP contribution in [0.2, 0.25) is 0 Å². The van der Waals surface area contributed by atoms with Crippen LogP contribution in [-0.4, -0.2) is 23.7 Å². The summed E-state index contributed by atoms with van der Waals surface area (Å²) >= 11 is 0. The Morgan fingerprint density at radius 3 is 2.51 bits per heavy atom. The molecule has 0 radical (unpaired) electrons. The molecule has 0 fully saturated rings. The van der Waals surface area contributed by atoms with Crippen molar-refractivity contribution < 1.29 is 14.6 Å². The quantitative estimate of drug-likeness (QED) is 0.266. The first kappa shape index (κ1) is 26.7. The number of hydrogen-bond acceptors (Lipinski definition) is 3. The normalized spacial score (nSPS) is 17.4. The Balaban J connectivity index is 0.00000320. The van der Waals surface area contributed by atoms with Crippen LogP contribution in [-0.2, 0) is 0 Å². The van der Waals surface area contributed by atoms with E-state index >= 15 is 0 Å². The molecule has 1 aliphatic heterocycles. The van der Waals surface area contributed by atoms with Crippen molar-refractivity contribution in [1.29, 1.82) is 0 Å². The van der Waals surface area contributed by atoms with Gasteiger partial charge in [0, 0.05) is 17.5 Å². The molecule has 0 spiro atoms. The predicted molar refractivity (Wildman–Crippen MR) is 152 cm³/mol. The van der Waals surface area contributed by atoms with Crippen LogP contribution >= 0.6 is 12.4 Å². The van der Waals surface area contributed by atoms with Crippen LogP contribution in [0.4, 0.5) is 0 Å². The molecule has 0 aliphatic carbocycles. The summed E-state index contributed by atoms with van der Waals surface area (Å²) in [5, 5.41) is 16.1. The van der Waals surface area contributed by atoms with Crippen molar-refractivity contribution in [2.24, 2.45) is 0 Å². The van der Waals surface area contributed by atoms with Crippen molar-refractivity contribution in [1.82, 2.24) is 5.32 Å². The van der Waals surface area contributed by atoms with Gasteiger partial charge in [-0.15, -0.1) is 12.4 Å². The van der Waals surface area contributed by atoms with Crippen LogP contribution in [0.1, 0.15) is 69.9 Å². The average molecular weight is 516 g/mol. The Morgan fingerprint density at radius 2 is 1.70 bits per heavy atom. The lowest BCUT2D eigenvalue weighted by atomic mass is 9.80. The summed E-state index contributed by atoms with van der Waals surface area (Å²) in [5.74, 6) is 0.141. The van der Waals surface area contributed by atoms with Gasteiger partial charge in [-0.1, -0.05) is 72.8 Å². The fourth-order valence-corrected chi connectivity index (χ4v) is 5.73. The van der Waals surface area contributed by atoms with Gasteiger partial charge in [-0.2, -0.15) is 0 Å². The number of fused-ring (bicyclic) bond motifs is 2. The Labute approximate surface area is 225 Å². The zero-order chi connectivity index (χ0) is 25.2. The average Bonchev–Trinajstić information content (AvgIpc) is 2.88. The van der Waals surface area contributed by atoms with Crippen molar-refractivity contribution in [3.8, 4) is 5.75 Å². The summed E-state index contributed by atoms with van der Waals surface area (Å²) in [6.07, 6.45) is 1.74. The number of carbonyl (C=O) groups is 1. The number of benzene rings is 4. The SMILES string of the molecule is Cc1ccc([C@@H]2C[C@H](CCN[C@H](C)c3cccc4ccccc34)Oc3ccccc32)c(C)c1C(=O)O.Cl.